The van der Waals surface area contributed by atoms with Crippen LogP contribution in [-0.4, -0.2) is 73.6 Å². The summed E-state index contributed by atoms with van der Waals surface area (Å²) in [5.74, 6) is 0.283. The summed E-state index contributed by atoms with van der Waals surface area (Å²) in [7, 11) is 3.93. The summed E-state index contributed by atoms with van der Waals surface area (Å²) in [5, 5.41) is 11.3. The second kappa shape index (κ2) is 12.1. The molecule has 1 N–H and O–H groups in total. The van der Waals surface area contributed by atoms with Crippen molar-refractivity contribution in [3.63, 3.8) is 0 Å². The fourth-order valence-corrected chi connectivity index (χ4v) is 4.65. The molecular formula is C29H36N2O6. The first kappa shape index (κ1) is 26.5. The van der Waals surface area contributed by atoms with Gasteiger partial charge >= 0.3 is 0 Å². The first-order chi connectivity index (χ1) is 17.9. The molecule has 4 rings (SSSR count). The van der Waals surface area contributed by atoms with Gasteiger partial charge in [0.25, 0.3) is 11.7 Å². The molecule has 2 aromatic carbocycles. The highest BCUT2D eigenvalue weighted by Crippen LogP contribution is 2.41. The Morgan fingerprint density at radius 1 is 1.03 bits per heavy atom. The second-order valence-electron chi connectivity index (χ2n) is 9.63. The molecule has 0 radical (unpaired) electrons. The van der Waals surface area contributed by atoms with Gasteiger partial charge in [-0.05, 0) is 69.4 Å². The zero-order valence-electron chi connectivity index (χ0n) is 21.9. The highest BCUT2D eigenvalue weighted by molar-refractivity contribution is 6.46. The smallest absolute Gasteiger partial charge is 0.295 e. The number of unbranched alkanes of at least 4 members (excludes halogenated alkanes) is 2. The minimum atomic E-state index is -0.704. The first-order valence-corrected chi connectivity index (χ1v) is 13.0. The molecule has 1 unspecified atom stereocenters. The summed E-state index contributed by atoms with van der Waals surface area (Å²) in [6.45, 7) is 4.80. The summed E-state index contributed by atoms with van der Waals surface area (Å²) in [6, 6.07) is 11.8. The average molecular weight is 509 g/mol. The van der Waals surface area contributed by atoms with E-state index < -0.39 is 17.7 Å². The quantitative estimate of drug-likeness (QED) is 0.208. The number of benzene rings is 2. The van der Waals surface area contributed by atoms with E-state index in [0.717, 1.165) is 37.1 Å². The largest absolute Gasteiger partial charge is 0.507 e. The normalized spacial score (nSPS) is 18.5. The summed E-state index contributed by atoms with van der Waals surface area (Å²) in [6.07, 6.45) is 3.91. The van der Waals surface area contributed by atoms with Gasteiger partial charge in [-0.3, -0.25) is 9.59 Å². The van der Waals surface area contributed by atoms with E-state index in [-0.39, 0.29) is 11.3 Å². The maximum absolute atomic E-state index is 13.3. The molecule has 2 heterocycles. The Bertz CT molecular complexity index is 1140. The molecule has 1 atom stereocenters. The Hall–Kier alpha value is -3.52. The molecule has 0 saturated carbocycles. The van der Waals surface area contributed by atoms with Crippen LogP contribution in [0.1, 0.15) is 49.8 Å². The predicted molar refractivity (Wildman–Crippen MR) is 141 cm³/mol. The minimum absolute atomic E-state index is 0.0724. The standard InChI is InChI=1S/C29H36N2O6/c1-4-5-6-16-35-22-11-8-20(9-12-22)26-25(28(33)29(34)31(26)15-7-14-30(2)3)27(32)21-10-13-23-24(19-21)37-18-17-36-23/h8-13,19,26,32H,4-7,14-18H2,1-3H3/b27-25+. The Kier molecular flexibility index (Phi) is 8.71. The number of rotatable bonds is 11. The molecule has 2 aliphatic rings. The van der Waals surface area contributed by atoms with Crippen molar-refractivity contribution in [2.75, 3.05) is 47.0 Å². The average Bonchev–Trinajstić information content (AvgIpc) is 3.15. The van der Waals surface area contributed by atoms with Crippen LogP contribution in [0.25, 0.3) is 5.76 Å². The number of hydrogen-bond acceptors (Lipinski definition) is 7. The molecule has 0 bridgehead atoms. The lowest BCUT2D eigenvalue weighted by Gasteiger charge is -2.26. The topological polar surface area (TPSA) is 88.5 Å². The lowest BCUT2D eigenvalue weighted by molar-refractivity contribution is -0.139. The van der Waals surface area contributed by atoms with Crippen molar-refractivity contribution >= 4 is 17.4 Å². The fourth-order valence-electron chi connectivity index (χ4n) is 4.65. The van der Waals surface area contributed by atoms with Crippen molar-refractivity contribution in [2.45, 2.75) is 38.6 Å². The molecule has 2 aromatic rings. The zero-order valence-corrected chi connectivity index (χ0v) is 21.9. The van der Waals surface area contributed by atoms with E-state index in [1.807, 2.05) is 43.3 Å². The van der Waals surface area contributed by atoms with E-state index in [1.54, 1.807) is 23.1 Å². The molecule has 8 heteroatoms. The van der Waals surface area contributed by atoms with Gasteiger partial charge in [-0.2, -0.15) is 0 Å². The van der Waals surface area contributed by atoms with Crippen molar-refractivity contribution in [1.29, 1.82) is 0 Å². The number of nitrogens with zero attached hydrogens (tertiary/aromatic N) is 2. The third-order valence-corrected chi connectivity index (χ3v) is 6.57. The highest BCUT2D eigenvalue weighted by Gasteiger charge is 2.45. The third kappa shape index (κ3) is 6.07. The number of aliphatic hydroxyl groups excluding tert-OH is 1. The van der Waals surface area contributed by atoms with Gasteiger partial charge in [-0.25, -0.2) is 0 Å². The van der Waals surface area contributed by atoms with Gasteiger partial charge in [0.1, 0.15) is 24.7 Å². The fraction of sp³-hybridized carbons (Fsp3) is 0.448. The van der Waals surface area contributed by atoms with Gasteiger partial charge < -0.3 is 29.1 Å². The highest BCUT2D eigenvalue weighted by atomic mass is 16.6. The van der Waals surface area contributed by atoms with Crippen LogP contribution in [0.15, 0.2) is 48.0 Å². The van der Waals surface area contributed by atoms with Crippen LogP contribution >= 0.6 is 0 Å². The van der Waals surface area contributed by atoms with Gasteiger partial charge in [-0.1, -0.05) is 31.9 Å². The van der Waals surface area contributed by atoms with Crippen molar-refractivity contribution in [1.82, 2.24) is 9.80 Å². The van der Waals surface area contributed by atoms with Gasteiger partial charge in [-0.15, -0.1) is 0 Å². The number of fused-ring (bicyclic) bond motifs is 1. The maximum atomic E-state index is 13.3. The number of amides is 1. The van der Waals surface area contributed by atoms with Crippen LogP contribution in [0.5, 0.6) is 17.2 Å². The number of aliphatic hydroxyl groups is 1. The van der Waals surface area contributed by atoms with Crippen LogP contribution in [0, 0.1) is 0 Å². The second-order valence-corrected chi connectivity index (χ2v) is 9.63. The van der Waals surface area contributed by atoms with Crippen LogP contribution in [-0.2, 0) is 9.59 Å². The molecule has 0 aromatic heterocycles. The molecule has 8 nitrogen and oxygen atoms in total. The molecule has 0 spiro atoms. The van der Waals surface area contributed by atoms with Crippen molar-refractivity contribution in [2.24, 2.45) is 0 Å². The summed E-state index contributed by atoms with van der Waals surface area (Å²) >= 11 is 0. The number of likely N-dealkylation sites (tertiary alicyclic amines) is 1. The van der Waals surface area contributed by atoms with E-state index in [2.05, 4.69) is 6.92 Å². The lowest BCUT2D eigenvalue weighted by Crippen LogP contribution is -2.32. The van der Waals surface area contributed by atoms with E-state index in [4.69, 9.17) is 14.2 Å². The van der Waals surface area contributed by atoms with Crippen LogP contribution in [0.2, 0.25) is 0 Å². The first-order valence-electron chi connectivity index (χ1n) is 13.0. The molecule has 1 fully saturated rings. The van der Waals surface area contributed by atoms with Gasteiger partial charge in [0.2, 0.25) is 0 Å². The van der Waals surface area contributed by atoms with Crippen molar-refractivity contribution < 1.29 is 28.9 Å². The van der Waals surface area contributed by atoms with Gasteiger partial charge in [0.15, 0.2) is 11.5 Å². The van der Waals surface area contributed by atoms with E-state index in [1.165, 1.54) is 0 Å². The van der Waals surface area contributed by atoms with Crippen LogP contribution < -0.4 is 14.2 Å². The molecular weight excluding hydrogens is 472 g/mol. The summed E-state index contributed by atoms with van der Waals surface area (Å²) < 4.78 is 17.1. The number of ketones is 1. The van der Waals surface area contributed by atoms with Crippen LogP contribution in [0.4, 0.5) is 0 Å². The Balaban J connectivity index is 1.68. The molecule has 37 heavy (non-hydrogen) atoms. The molecule has 0 aliphatic carbocycles. The number of carbonyl (C=O) groups is 2. The SMILES string of the molecule is CCCCCOc1ccc(C2/C(=C(\O)c3ccc4c(c3)OCCO4)C(=O)C(=O)N2CCCN(C)C)cc1. The predicted octanol–water partition coefficient (Wildman–Crippen LogP) is 4.40. The minimum Gasteiger partial charge on any atom is -0.507 e. The summed E-state index contributed by atoms with van der Waals surface area (Å²) in [4.78, 5) is 30.0. The van der Waals surface area contributed by atoms with E-state index in [9.17, 15) is 14.7 Å². The Morgan fingerprint density at radius 2 is 1.76 bits per heavy atom. The van der Waals surface area contributed by atoms with E-state index >= 15 is 0 Å². The Morgan fingerprint density at radius 3 is 2.46 bits per heavy atom. The molecule has 2 aliphatic heterocycles. The number of Topliss-reactive ketones (excluding diaryl/α,β-unsaturated/α-hetero) is 1. The number of ether oxygens (including phenoxy) is 3. The van der Waals surface area contributed by atoms with Crippen LogP contribution in [0.3, 0.4) is 0 Å². The van der Waals surface area contributed by atoms with Crippen molar-refractivity contribution in [3.8, 4) is 17.2 Å². The Labute approximate surface area is 218 Å². The number of carbonyl (C=O) groups excluding carboxylic acids is 2. The lowest BCUT2D eigenvalue weighted by atomic mass is 9.95. The monoisotopic (exact) mass is 508 g/mol. The zero-order chi connectivity index (χ0) is 26.4. The number of hydrogen-bond donors (Lipinski definition) is 1. The summed E-state index contributed by atoms with van der Waals surface area (Å²) in [5.41, 5.74) is 1.21. The molecule has 198 valence electrons. The maximum Gasteiger partial charge on any atom is 0.295 e. The molecule has 1 saturated heterocycles. The van der Waals surface area contributed by atoms with Gasteiger partial charge in [0.05, 0.1) is 18.2 Å². The van der Waals surface area contributed by atoms with Gasteiger partial charge in [0, 0.05) is 12.1 Å². The third-order valence-electron chi connectivity index (χ3n) is 6.57. The molecule has 1 amide bonds. The van der Waals surface area contributed by atoms with E-state index in [0.29, 0.717) is 49.8 Å². The van der Waals surface area contributed by atoms with Crippen molar-refractivity contribution in [3.05, 3.63) is 59.2 Å².